The molecule has 0 bridgehead atoms. The van der Waals surface area contributed by atoms with Crippen molar-refractivity contribution in [1.82, 2.24) is 9.78 Å². The number of benzene rings is 2. The summed E-state index contributed by atoms with van der Waals surface area (Å²) < 4.78 is 14.9. The summed E-state index contributed by atoms with van der Waals surface area (Å²) in [5.41, 5.74) is 3.04. The van der Waals surface area contributed by atoms with Crippen molar-refractivity contribution in [1.29, 1.82) is 0 Å². The third-order valence-electron chi connectivity index (χ3n) is 4.32. The lowest BCUT2D eigenvalue weighted by atomic mass is 10.1. The van der Waals surface area contributed by atoms with Crippen molar-refractivity contribution in [2.75, 3.05) is 11.9 Å². The number of nitrogens with zero attached hydrogens (tertiary/aromatic N) is 3. The fraction of sp³-hybridized carbons (Fsp3) is 0.150. The SMILES string of the molecule is Cc1c(N(C)C(=O)c2ccccc2C=O)nn(C)c1-c1ccc(F)cc1. The van der Waals surface area contributed by atoms with Crippen molar-refractivity contribution >= 4 is 18.0 Å². The molecule has 0 aliphatic heterocycles. The number of halogens is 1. The van der Waals surface area contributed by atoms with Gasteiger partial charge in [0, 0.05) is 30.8 Å². The van der Waals surface area contributed by atoms with Crippen LogP contribution in [0.4, 0.5) is 10.2 Å². The van der Waals surface area contributed by atoms with E-state index in [2.05, 4.69) is 5.10 Å². The third-order valence-corrected chi connectivity index (χ3v) is 4.32. The summed E-state index contributed by atoms with van der Waals surface area (Å²) in [6.07, 6.45) is 0.663. The molecule has 0 unspecified atom stereocenters. The van der Waals surface area contributed by atoms with Crippen molar-refractivity contribution in [2.24, 2.45) is 7.05 Å². The lowest BCUT2D eigenvalue weighted by molar-refractivity contribution is 0.0985. The molecule has 132 valence electrons. The standard InChI is InChI=1S/C20H18FN3O2/c1-13-18(14-8-10-16(21)11-9-14)24(3)22-19(13)23(2)20(26)17-7-5-4-6-15(17)12-25/h4-12H,1-3H3. The van der Waals surface area contributed by atoms with Gasteiger partial charge in [0.2, 0.25) is 0 Å². The molecular formula is C20H18FN3O2. The average molecular weight is 351 g/mol. The zero-order chi connectivity index (χ0) is 18.8. The number of rotatable bonds is 4. The van der Waals surface area contributed by atoms with E-state index >= 15 is 0 Å². The second kappa shape index (κ2) is 6.92. The van der Waals surface area contributed by atoms with Gasteiger partial charge in [0.1, 0.15) is 5.82 Å². The Hall–Kier alpha value is -3.28. The number of carbonyl (C=O) groups is 2. The van der Waals surface area contributed by atoms with Gasteiger partial charge in [0.05, 0.1) is 11.3 Å². The molecule has 0 aliphatic carbocycles. The molecule has 0 aliphatic rings. The summed E-state index contributed by atoms with van der Waals surface area (Å²) in [5.74, 6) is -0.149. The third kappa shape index (κ3) is 3.01. The maximum Gasteiger partial charge on any atom is 0.259 e. The van der Waals surface area contributed by atoms with Crippen LogP contribution in [-0.2, 0) is 7.05 Å². The molecule has 1 amide bonds. The summed E-state index contributed by atoms with van der Waals surface area (Å²) >= 11 is 0. The summed E-state index contributed by atoms with van der Waals surface area (Å²) in [6.45, 7) is 1.86. The van der Waals surface area contributed by atoms with Crippen LogP contribution in [0.1, 0.15) is 26.3 Å². The van der Waals surface area contributed by atoms with Crippen molar-refractivity contribution in [3.63, 3.8) is 0 Å². The normalized spacial score (nSPS) is 10.6. The van der Waals surface area contributed by atoms with Crippen LogP contribution in [0.3, 0.4) is 0 Å². The van der Waals surface area contributed by atoms with Gasteiger partial charge in [-0.05, 0) is 37.3 Å². The number of aryl methyl sites for hydroxylation is 1. The molecule has 26 heavy (non-hydrogen) atoms. The number of aromatic nitrogens is 2. The zero-order valence-corrected chi connectivity index (χ0v) is 14.7. The van der Waals surface area contributed by atoms with Crippen molar-refractivity contribution in [3.8, 4) is 11.3 Å². The van der Waals surface area contributed by atoms with E-state index in [1.165, 1.54) is 17.0 Å². The molecule has 6 heteroatoms. The van der Waals surface area contributed by atoms with E-state index in [1.54, 1.807) is 55.2 Å². The summed E-state index contributed by atoms with van der Waals surface area (Å²) in [5, 5.41) is 4.45. The topological polar surface area (TPSA) is 55.2 Å². The van der Waals surface area contributed by atoms with Gasteiger partial charge < -0.3 is 0 Å². The molecule has 3 aromatic rings. The lowest BCUT2D eigenvalue weighted by Gasteiger charge is -2.16. The highest BCUT2D eigenvalue weighted by atomic mass is 19.1. The number of anilines is 1. The van der Waals surface area contributed by atoms with Crippen LogP contribution in [0, 0.1) is 12.7 Å². The van der Waals surface area contributed by atoms with Gasteiger partial charge in [-0.1, -0.05) is 18.2 Å². The Balaban J connectivity index is 2.02. The average Bonchev–Trinajstić information content (AvgIpc) is 2.95. The van der Waals surface area contributed by atoms with Crippen LogP contribution < -0.4 is 4.90 Å². The minimum atomic E-state index is -0.320. The van der Waals surface area contributed by atoms with E-state index in [9.17, 15) is 14.0 Å². The Labute approximate surface area is 150 Å². The zero-order valence-electron chi connectivity index (χ0n) is 14.7. The van der Waals surface area contributed by atoms with Gasteiger partial charge in [0.15, 0.2) is 12.1 Å². The first kappa shape index (κ1) is 17.5. The van der Waals surface area contributed by atoms with Gasteiger partial charge in [-0.2, -0.15) is 5.10 Å². The molecule has 0 spiro atoms. The summed E-state index contributed by atoms with van der Waals surface area (Å²) in [6, 6.07) is 12.8. The maximum atomic E-state index is 13.2. The quantitative estimate of drug-likeness (QED) is 0.675. The van der Waals surface area contributed by atoms with Crippen LogP contribution in [-0.4, -0.2) is 29.0 Å². The van der Waals surface area contributed by atoms with Crippen LogP contribution in [0.5, 0.6) is 0 Å². The molecule has 0 radical (unpaired) electrons. The Morgan fingerprint density at radius 3 is 2.46 bits per heavy atom. The molecule has 0 fully saturated rings. The molecule has 1 heterocycles. The van der Waals surface area contributed by atoms with E-state index in [4.69, 9.17) is 0 Å². The van der Waals surface area contributed by atoms with Crippen molar-refractivity contribution in [3.05, 3.63) is 71.0 Å². The fourth-order valence-corrected chi connectivity index (χ4v) is 3.02. The van der Waals surface area contributed by atoms with Gasteiger partial charge in [-0.3, -0.25) is 19.2 Å². The van der Waals surface area contributed by atoms with Crippen molar-refractivity contribution in [2.45, 2.75) is 6.92 Å². The highest BCUT2D eigenvalue weighted by Gasteiger charge is 2.23. The highest BCUT2D eigenvalue weighted by molar-refractivity contribution is 6.10. The Morgan fingerprint density at radius 2 is 1.81 bits per heavy atom. The largest absolute Gasteiger partial charge is 0.298 e. The second-order valence-corrected chi connectivity index (χ2v) is 6.00. The molecule has 1 aromatic heterocycles. The molecule has 0 saturated heterocycles. The predicted octanol–water partition coefficient (Wildman–Crippen LogP) is 3.62. The monoisotopic (exact) mass is 351 g/mol. The molecule has 0 atom stereocenters. The van der Waals surface area contributed by atoms with Crippen LogP contribution >= 0.6 is 0 Å². The van der Waals surface area contributed by atoms with E-state index in [-0.39, 0.29) is 11.7 Å². The van der Waals surface area contributed by atoms with E-state index in [1.807, 2.05) is 6.92 Å². The van der Waals surface area contributed by atoms with Gasteiger partial charge in [0.25, 0.3) is 5.91 Å². The first-order valence-electron chi connectivity index (χ1n) is 8.06. The Morgan fingerprint density at radius 1 is 1.15 bits per heavy atom. The number of carbonyl (C=O) groups excluding carboxylic acids is 2. The fourth-order valence-electron chi connectivity index (χ4n) is 3.02. The lowest BCUT2D eigenvalue weighted by Crippen LogP contribution is -2.28. The van der Waals surface area contributed by atoms with Crippen LogP contribution in [0.25, 0.3) is 11.3 Å². The minimum Gasteiger partial charge on any atom is -0.298 e. The Bertz CT molecular complexity index is 977. The molecule has 2 aromatic carbocycles. The van der Waals surface area contributed by atoms with E-state index in [0.717, 1.165) is 16.8 Å². The van der Waals surface area contributed by atoms with E-state index in [0.29, 0.717) is 23.2 Å². The molecule has 0 N–H and O–H groups in total. The molecule has 5 nitrogen and oxygen atoms in total. The van der Waals surface area contributed by atoms with Crippen LogP contribution in [0.15, 0.2) is 48.5 Å². The number of amides is 1. The summed E-state index contributed by atoms with van der Waals surface area (Å²) in [7, 11) is 3.39. The number of hydrogen-bond acceptors (Lipinski definition) is 3. The first-order chi connectivity index (χ1) is 12.4. The van der Waals surface area contributed by atoms with Gasteiger partial charge in [-0.25, -0.2) is 4.39 Å². The maximum absolute atomic E-state index is 13.2. The molecular weight excluding hydrogens is 333 g/mol. The number of aldehydes is 1. The Kier molecular flexibility index (Phi) is 4.67. The molecule has 0 saturated carbocycles. The highest BCUT2D eigenvalue weighted by Crippen LogP contribution is 2.30. The minimum absolute atomic E-state index is 0.313. The van der Waals surface area contributed by atoms with Crippen LogP contribution in [0.2, 0.25) is 0 Å². The van der Waals surface area contributed by atoms with Gasteiger partial charge >= 0.3 is 0 Å². The second-order valence-electron chi connectivity index (χ2n) is 6.00. The first-order valence-corrected chi connectivity index (χ1v) is 8.06. The summed E-state index contributed by atoms with van der Waals surface area (Å²) in [4.78, 5) is 25.5. The number of hydrogen-bond donors (Lipinski definition) is 0. The van der Waals surface area contributed by atoms with Gasteiger partial charge in [-0.15, -0.1) is 0 Å². The smallest absolute Gasteiger partial charge is 0.259 e. The molecule has 3 rings (SSSR count). The van der Waals surface area contributed by atoms with E-state index < -0.39 is 0 Å². The van der Waals surface area contributed by atoms with Crippen molar-refractivity contribution < 1.29 is 14.0 Å². The predicted molar refractivity (Wildman–Crippen MR) is 97.9 cm³/mol.